The lowest BCUT2D eigenvalue weighted by molar-refractivity contribution is -0.141. The first kappa shape index (κ1) is 18.3. The zero-order valence-corrected chi connectivity index (χ0v) is 13.1. The Morgan fingerprint density at radius 3 is 2.62 bits per heavy atom. The largest absolute Gasteiger partial charge is 0.434 e. The quantitative estimate of drug-likeness (QED) is 0.672. The summed E-state index contributed by atoms with van der Waals surface area (Å²) in [5.74, 6) is 0. The highest BCUT2D eigenvalue weighted by molar-refractivity contribution is 7.11. The molecule has 0 saturated heterocycles. The fourth-order valence-electron chi connectivity index (χ4n) is 1.63. The highest BCUT2D eigenvalue weighted by Crippen LogP contribution is 2.34. The maximum Gasteiger partial charge on any atom is 0.434 e. The second-order valence-electron chi connectivity index (χ2n) is 4.41. The van der Waals surface area contributed by atoms with Crippen LogP contribution in [0.5, 0.6) is 0 Å². The van der Waals surface area contributed by atoms with Gasteiger partial charge in [-0.1, -0.05) is 6.92 Å². The summed E-state index contributed by atoms with van der Waals surface area (Å²) in [5, 5.41) is 3.44. The molecule has 122 valence electrons. The van der Waals surface area contributed by atoms with Gasteiger partial charge in [0, 0.05) is 20.1 Å². The summed E-state index contributed by atoms with van der Waals surface area (Å²) in [6.45, 7) is 4.09. The number of hydrogen-bond acceptors (Lipinski definition) is 5. The molecule has 0 saturated carbocycles. The number of nitrogens with one attached hydrogen (secondary N) is 1. The Morgan fingerprint density at radius 1 is 1.24 bits per heavy atom. The minimum Gasteiger partial charge on any atom is -0.382 e. The Labute approximate surface area is 126 Å². The van der Waals surface area contributed by atoms with E-state index in [0.29, 0.717) is 37.8 Å². The number of hydrogen-bond donors (Lipinski definition) is 1. The molecule has 0 spiro atoms. The summed E-state index contributed by atoms with van der Waals surface area (Å²) in [5.41, 5.74) is -0.775. The Balaban J connectivity index is 2.60. The van der Waals surface area contributed by atoms with Gasteiger partial charge in [0.25, 0.3) is 0 Å². The van der Waals surface area contributed by atoms with E-state index in [1.165, 1.54) is 0 Å². The molecule has 0 aliphatic carbocycles. The van der Waals surface area contributed by atoms with Crippen molar-refractivity contribution in [2.24, 2.45) is 0 Å². The molecule has 0 amide bonds. The minimum absolute atomic E-state index is 0.199. The Hall–Kier alpha value is -0.700. The molecule has 1 N–H and O–H groups in total. The van der Waals surface area contributed by atoms with Crippen molar-refractivity contribution in [3.8, 4) is 0 Å². The van der Waals surface area contributed by atoms with Crippen LogP contribution in [-0.2, 0) is 28.6 Å². The Morgan fingerprint density at radius 2 is 2.00 bits per heavy atom. The van der Waals surface area contributed by atoms with Gasteiger partial charge >= 0.3 is 6.18 Å². The number of halogens is 3. The molecule has 21 heavy (non-hydrogen) atoms. The molecule has 1 aromatic rings. The molecule has 1 rings (SSSR count). The molecule has 1 aromatic heterocycles. The zero-order chi connectivity index (χ0) is 15.7. The van der Waals surface area contributed by atoms with Gasteiger partial charge in [-0.05, 0) is 13.0 Å². The third kappa shape index (κ3) is 6.73. The number of aromatic nitrogens is 1. The summed E-state index contributed by atoms with van der Waals surface area (Å²) in [7, 11) is 1.56. The van der Waals surface area contributed by atoms with Crippen molar-refractivity contribution >= 4 is 11.3 Å². The maximum absolute atomic E-state index is 12.9. The van der Waals surface area contributed by atoms with E-state index in [4.69, 9.17) is 9.47 Å². The van der Waals surface area contributed by atoms with E-state index in [2.05, 4.69) is 10.3 Å². The molecule has 0 aliphatic heterocycles. The molecule has 8 heteroatoms. The second-order valence-corrected chi connectivity index (χ2v) is 5.58. The third-order valence-electron chi connectivity index (χ3n) is 2.61. The lowest BCUT2D eigenvalue weighted by Crippen LogP contribution is -2.17. The van der Waals surface area contributed by atoms with E-state index in [-0.39, 0.29) is 11.4 Å². The van der Waals surface area contributed by atoms with Crippen LogP contribution in [-0.4, -0.2) is 38.5 Å². The van der Waals surface area contributed by atoms with Gasteiger partial charge in [0.1, 0.15) is 0 Å². The van der Waals surface area contributed by atoms with E-state index in [1.807, 2.05) is 6.92 Å². The van der Waals surface area contributed by atoms with Crippen LogP contribution in [0, 0.1) is 0 Å². The smallest absolute Gasteiger partial charge is 0.382 e. The third-order valence-corrected chi connectivity index (χ3v) is 3.73. The van der Waals surface area contributed by atoms with Gasteiger partial charge < -0.3 is 14.8 Å². The molecule has 0 bridgehead atoms. The van der Waals surface area contributed by atoms with Crippen LogP contribution in [0.2, 0.25) is 0 Å². The van der Waals surface area contributed by atoms with Crippen LogP contribution >= 0.6 is 11.3 Å². The fourth-order valence-corrected chi connectivity index (χ4v) is 2.67. The predicted molar refractivity (Wildman–Crippen MR) is 75.5 cm³/mol. The van der Waals surface area contributed by atoms with Gasteiger partial charge in [0.2, 0.25) is 0 Å². The van der Waals surface area contributed by atoms with Gasteiger partial charge in [-0.3, -0.25) is 0 Å². The highest BCUT2D eigenvalue weighted by Gasteiger charge is 2.37. The first-order chi connectivity index (χ1) is 9.99. The van der Waals surface area contributed by atoms with Crippen LogP contribution in [0.3, 0.4) is 0 Å². The first-order valence-corrected chi connectivity index (χ1v) is 7.63. The number of methoxy groups -OCH3 is 1. The molecule has 0 fully saturated rings. The average Bonchev–Trinajstić information content (AvgIpc) is 2.82. The fraction of sp³-hybridized carbons (Fsp3) is 0.769. The number of rotatable bonds is 10. The van der Waals surface area contributed by atoms with Crippen LogP contribution in [0.4, 0.5) is 13.2 Å². The van der Waals surface area contributed by atoms with E-state index in [1.54, 1.807) is 7.11 Å². The SMILES string of the molecule is CCCNCc1sc(CCOCCOC)nc1C(F)(F)F. The Bertz CT molecular complexity index is 411. The van der Waals surface area contributed by atoms with Gasteiger partial charge in [-0.2, -0.15) is 13.2 Å². The summed E-state index contributed by atoms with van der Waals surface area (Å²) in [6.07, 6.45) is -3.15. The monoisotopic (exact) mass is 326 g/mol. The minimum atomic E-state index is -4.41. The number of ether oxygens (including phenoxy) is 2. The van der Waals surface area contributed by atoms with Crippen LogP contribution in [0.15, 0.2) is 0 Å². The number of thiazole rings is 1. The van der Waals surface area contributed by atoms with E-state index in [0.717, 1.165) is 17.8 Å². The molecule has 0 aromatic carbocycles. The van der Waals surface area contributed by atoms with Gasteiger partial charge in [0.15, 0.2) is 5.69 Å². The van der Waals surface area contributed by atoms with Crippen molar-refractivity contribution in [2.75, 3.05) is 33.5 Å². The normalized spacial score (nSPS) is 12.0. The Kier molecular flexibility index (Phi) is 8.16. The lowest BCUT2D eigenvalue weighted by Gasteiger charge is -2.06. The lowest BCUT2D eigenvalue weighted by atomic mass is 10.3. The van der Waals surface area contributed by atoms with E-state index >= 15 is 0 Å². The molecule has 1 heterocycles. The molecule has 4 nitrogen and oxygen atoms in total. The van der Waals surface area contributed by atoms with Crippen molar-refractivity contribution in [3.05, 3.63) is 15.6 Å². The number of alkyl halides is 3. The van der Waals surface area contributed by atoms with Crippen LogP contribution in [0.25, 0.3) is 0 Å². The summed E-state index contributed by atoms with van der Waals surface area (Å²) in [6, 6.07) is 0. The van der Waals surface area contributed by atoms with Crippen molar-refractivity contribution in [1.29, 1.82) is 0 Å². The van der Waals surface area contributed by atoms with E-state index in [9.17, 15) is 13.2 Å². The first-order valence-electron chi connectivity index (χ1n) is 6.82. The van der Waals surface area contributed by atoms with Crippen molar-refractivity contribution in [3.63, 3.8) is 0 Å². The van der Waals surface area contributed by atoms with Crippen molar-refractivity contribution in [2.45, 2.75) is 32.5 Å². The standard InChI is InChI=1S/C13H21F3N2O2S/c1-3-5-17-9-10-12(13(14,15)16)18-11(21-10)4-6-20-8-7-19-2/h17H,3-9H2,1-2H3. The van der Waals surface area contributed by atoms with E-state index < -0.39 is 11.9 Å². The summed E-state index contributed by atoms with van der Waals surface area (Å²) in [4.78, 5) is 3.96. The molecule has 0 atom stereocenters. The summed E-state index contributed by atoms with van der Waals surface area (Å²) < 4.78 is 48.9. The summed E-state index contributed by atoms with van der Waals surface area (Å²) >= 11 is 1.10. The van der Waals surface area contributed by atoms with Crippen molar-refractivity contribution < 1.29 is 22.6 Å². The van der Waals surface area contributed by atoms with Gasteiger partial charge in [-0.15, -0.1) is 11.3 Å². The van der Waals surface area contributed by atoms with Crippen LogP contribution in [0.1, 0.15) is 28.9 Å². The number of nitrogens with zero attached hydrogens (tertiary/aromatic N) is 1. The molecule has 0 unspecified atom stereocenters. The average molecular weight is 326 g/mol. The van der Waals surface area contributed by atoms with Crippen LogP contribution < -0.4 is 5.32 Å². The predicted octanol–water partition coefficient (Wildman–Crippen LogP) is 2.87. The molecular weight excluding hydrogens is 305 g/mol. The molecule has 0 radical (unpaired) electrons. The molecular formula is C13H21F3N2O2S. The van der Waals surface area contributed by atoms with Crippen molar-refractivity contribution in [1.82, 2.24) is 10.3 Å². The zero-order valence-electron chi connectivity index (χ0n) is 12.3. The van der Waals surface area contributed by atoms with Gasteiger partial charge in [0.05, 0.1) is 29.7 Å². The highest BCUT2D eigenvalue weighted by atomic mass is 32.1. The topological polar surface area (TPSA) is 43.4 Å². The molecule has 0 aliphatic rings. The second kappa shape index (κ2) is 9.34. The maximum atomic E-state index is 12.9. The van der Waals surface area contributed by atoms with Gasteiger partial charge in [-0.25, -0.2) is 4.98 Å².